The molecule has 2 aliphatic rings. The molecule has 0 atom stereocenters. The number of anilines is 1. The van der Waals surface area contributed by atoms with Gasteiger partial charge in [0, 0.05) is 43.4 Å². The summed E-state index contributed by atoms with van der Waals surface area (Å²) in [4.78, 5) is 17.6. The molecule has 7 heteroatoms. The number of ether oxygens (including phenoxy) is 1. The molecule has 2 heterocycles. The maximum atomic E-state index is 13.2. The first-order valence-corrected chi connectivity index (χ1v) is 11.5. The molecule has 0 aliphatic carbocycles. The van der Waals surface area contributed by atoms with Gasteiger partial charge in [0.2, 0.25) is 5.78 Å². The van der Waals surface area contributed by atoms with E-state index in [9.17, 15) is 14.3 Å². The molecule has 3 aromatic rings. The lowest BCUT2D eigenvalue weighted by Crippen LogP contribution is -2.46. The first kappa shape index (κ1) is 22.4. The minimum Gasteiger partial charge on any atom is -0.507 e. The lowest BCUT2D eigenvalue weighted by atomic mass is 9.99. The number of allylic oxidation sites excluding steroid dienone is 1. The second-order valence-electron chi connectivity index (χ2n) is 8.63. The van der Waals surface area contributed by atoms with Crippen LogP contribution in [-0.2, 0) is 6.54 Å². The summed E-state index contributed by atoms with van der Waals surface area (Å²) in [6.45, 7) is 5.36. The summed E-state index contributed by atoms with van der Waals surface area (Å²) in [6.07, 6.45) is 1.69. The molecule has 0 unspecified atom stereocenters. The number of aryl methyl sites for hydroxylation is 1. The minimum atomic E-state index is -0.245. The number of carbonyl (C=O) groups is 1. The Hall–Kier alpha value is -3.35. The Morgan fingerprint density at radius 1 is 1.06 bits per heavy atom. The van der Waals surface area contributed by atoms with Crippen molar-refractivity contribution in [2.75, 3.05) is 31.1 Å². The molecule has 0 radical (unpaired) electrons. The summed E-state index contributed by atoms with van der Waals surface area (Å²) in [5, 5.41) is 11.4. The number of piperazine rings is 1. The molecule has 1 N–H and O–H groups in total. The number of hydrogen-bond donors (Lipinski definition) is 1. The van der Waals surface area contributed by atoms with Gasteiger partial charge in [-0.1, -0.05) is 23.7 Å². The zero-order chi connectivity index (χ0) is 23.8. The van der Waals surface area contributed by atoms with E-state index in [1.165, 1.54) is 12.1 Å². The van der Waals surface area contributed by atoms with E-state index < -0.39 is 0 Å². The van der Waals surface area contributed by atoms with E-state index in [2.05, 4.69) is 9.80 Å². The normalized spacial score (nSPS) is 17.2. The minimum absolute atomic E-state index is 0.123. The zero-order valence-electron chi connectivity index (χ0n) is 18.7. The molecule has 3 aromatic carbocycles. The van der Waals surface area contributed by atoms with Crippen LogP contribution in [0.1, 0.15) is 27.0 Å². The molecule has 34 heavy (non-hydrogen) atoms. The maximum absolute atomic E-state index is 13.2. The third-order valence-corrected chi connectivity index (χ3v) is 6.59. The third-order valence-electron chi connectivity index (χ3n) is 6.33. The van der Waals surface area contributed by atoms with Crippen molar-refractivity contribution in [3.63, 3.8) is 0 Å². The van der Waals surface area contributed by atoms with Crippen LogP contribution in [0.25, 0.3) is 6.08 Å². The average molecular weight is 479 g/mol. The molecule has 174 valence electrons. The fraction of sp³-hybridized carbons (Fsp3) is 0.222. The van der Waals surface area contributed by atoms with E-state index in [0.29, 0.717) is 34.0 Å². The van der Waals surface area contributed by atoms with Crippen LogP contribution in [0.4, 0.5) is 10.1 Å². The molecular formula is C27H24ClFN2O3. The average Bonchev–Trinajstić information content (AvgIpc) is 3.15. The van der Waals surface area contributed by atoms with Gasteiger partial charge in [-0.05, 0) is 66.6 Å². The molecule has 1 saturated heterocycles. The monoisotopic (exact) mass is 478 g/mol. The van der Waals surface area contributed by atoms with E-state index >= 15 is 0 Å². The zero-order valence-corrected chi connectivity index (χ0v) is 19.5. The molecule has 0 spiro atoms. The van der Waals surface area contributed by atoms with Gasteiger partial charge in [-0.15, -0.1) is 0 Å². The second-order valence-corrected chi connectivity index (χ2v) is 9.06. The summed E-state index contributed by atoms with van der Waals surface area (Å²) in [6, 6.07) is 15.3. The topological polar surface area (TPSA) is 53.0 Å². The van der Waals surface area contributed by atoms with E-state index in [1.54, 1.807) is 43.3 Å². The van der Waals surface area contributed by atoms with E-state index in [-0.39, 0.29) is 23.1 Å². The Labute approximate surface area is 202 Å². The molecular weight excluding hydrogens is 455 g/mol. The van der Waals surface area contributed by atoms with Gasteiger partial charge in [0.15, 0.2) is 5.76 Å². The quantitative estimate of drug-likeness (QED) is 0.507. The number of rotatable bonds is 4. The Bertz CT molecular complexity index is 1260. The van der Waals surface area contributed by atoms with Crippen LogP contribution >= 0.6 is 11.6 Å². The number of benzene rings is 3. The summed E-state index contributed by atoms with van der Waals surface area (Å²) < 4.78 is 19.3. The number of phenolic OH excluding ortho intramolecular Hbond substituents is 1. The fourth-order valence-electron chi connectivity index (χ4n) is 4.48. The first-order valence-electron chi connectivity index (χ1n) is 11.2. The number of carbonyl (C=O) groups excluding carboxylic acids is 1. The van der Waals surface area contributed by atoms with Gasteiger partial charge in [-0.3, -0.25) is 9.69 Å². The highest BCUT2D eigenvalue weighted by atomic mass is 35.5. The van der Waals surface area contributed by atoms with Crippen molar-refractivity contribution < 1.29 is 19.0 Å². The third kappa shape index (κ3) is 4.39. The van der Waals surface area contributed by atoms with Crippen molar-refractivity contribution in [2.45, 2.75) is 13.5 Å². The van der Waals surface area contributed by atoms with Gasteiger partial charge < -0.3 is 14.7 Å². The summed E-state index contributed by atoms with van der Waals surface area (Å²) in [5.41, 5.74) is 3.59. The number of fused-ring (bicyclic) bond motifs is 1. The fourth-order valence-corrected chi connectivity index (χ4v) is 4.61. The van der Waals surface area contributed by atoms with E-state index in [4.69, 9.17) is 16.3 Å². The summed E-state index contributed by atoms with van der Waals surface area (Å²) in [7, 11) is 0. The highest BCUT2D eigenvalue weighted by molar-refractivity contribution is 6.30. The molecule has 5 nitrogen and oxygen atoms in total. The maximum Gasteiger partial charge on any atom is 0.232 e. The highest BCUT2D eigenvalue weighted by Gasteiger charge is 2.34. The predicted molar refractivity (Wildman–Crippen MR) is 131 cm³/mol. The van der Waals surface area contributed by atoms with Gasteiger partial charge in [0.1, 0.15) is 17.3 Å². The van der Waals surface area contributed by atoms with E-state index in [1.807, 2.05) is 12.1 Å². The van der Waals surface area contributed by atoms with Crippen LogP contribution in [0.2, 0.25) is 5.02 Å². The number of aromatic hydroxyl groups is 1. The number of Topliss-reactive ketones (excluding diaryl/α,β-unsaturated/α-hetero) is 1. The number of halogens is 2. The van der Waals surface area contributed by atoms with Crippen LogP contribution in [0, 0.1) is 12.7 Å². The van der Waals surface area contributed by atoms with Crippen LogP contribution in [0.15, 0.2) is 60.4 Å². The number of ketones is 1. The summed E-state index contributed by atoms with van der Waals surface area (Å²) in [5.74, 6) is 0.352. The standard InChI is InChI=1S/C27H24ClFN2O3/c1-17-14-23(32)22(16-30-10-12-31(13-11-30)21-8-6-20(29)7-9-21)27-25(17)26(33)24(34-27)15-18-2-4-19(28)5-3-18/h2-9,14-15,32H,10-13,16H2,1H3/b24-15-. The Morgan fingerprint density at radius 2 is 1.74 bits per heavy atom. The van der Waals surface area contributed by atoms with Crippen molar-refractivity contribution in [3.05, 3.63) is 93.5 Å². The van der Waals surface area contributed by atoms with Gasteiger partial charge in [0.05, 0.1) is 11.1 Å². The molecule has 5 rings (SSSR count). The molecule has 0 aromatic heterocycles. The van der Waals surface area contributed by atoms with Crippen molar-refractivity contribution in [1.82, 2.24) is 4.90 Å². The van der Waals surface area contributed by atoms with Gasteiger partial charge in [-0.25, -0.2) is 4.39 Å². The lowest BCUT2D eigenvalue weighted by molar-refractivity contribution is 0.101. The molecule has 0 amide bonds. The molecule has 0 bridgehead atoms. The molecule has 2 aliphatic heterocycles. The van der Waals surface area contributed by atoms with Crippen molar-refractivity contribution >= 4 is 29.1 Å². The summed E-state index contributed by atoms with van der Waals surface area (Å²) >= 11 is 5.96. The van der Waals surface area contributed by atoms with Crippen LogP contribution in [-0.4, -0.2) is 42.0 Å². The predicted octanol–water partition coefficient (Wildman–Crippen LogP) is 5.43. The number of phenols is 1. The second kappa shape index (κ2) is 9.12. The largest absolute Gasteiger partial charge is 0.507 e. The van der Waals surface area contributed by atoms with Gasteiger partial charge in [-0.2, -0.15) is 0 Å². The lowest BCUT2D eigenvalue weighted by Gasteiger charge is -2.36. The Kier molecular flexibility index (Phi) is 6.02. The van der Waals surface area contributed by atoms with Crippen LogP contribution in [0.3, 0.4) is 0 Å². The van der Waals surface area contributed by atoms with Crippen molar-refractivity contribution in [2.24, 2.45) is 0 Å². The van der Waals surface area contributed by atoms with E-state index in [0.717, 1.165) is 37.4 Å². The SMILES string of the molecule is Cc1cc(O)c(CN2CCN(c3ccc(F)cc3)CC2)c2c1C(=O)/C(=C/c1ccc(Cl)cc1)O2. The number of nitrogens with zero attached hydrogens (tertiary/aromatic N) is 2. The van der Waals surface area contributed by atoms with Gasteiger partial charge in [0.25, 0.3) is 0 Å². The molecule has 0 saturated carbocycles. The Morgan fingerprint density at radius 3 is 2.41 bits per heavy atom. The van der Waals surface area contributed by atoms with Crippen LogP contribution in [0.5, 0.6) is 11.5 Å². The van der Waals surface area contributed by atoms with Crippen molar-refractivity contribution in [3.8, 4) is 11.5 Å². The smallest absolute Gasteiger partial charge is 0.232 e. The van der Waals surface area contributed by atoms with Crippen LogP contribution < -0.4 is 9.64 Å². The van der Waals surface area contributed by atoms with Gasteiger partial charge >= 0.3 is 0 Å². The Balaban J connectivity index is 1.35. The number of hydrogen-bond acceptors (Lipinski definition) is 5. The van der Waals surface area contributed by atoms with Crippen molar-refractivity contribution in [1.29, 1.82) is 0 Å². The highest BCUT2D eigenvalue weighted by Crippen LogP contribution is 2.42. The molecule has 1 fully saturated rings. The first-order chi connectivity index (χ1) is 16.4.